The van der Waals surface area contributed by atoms with E-state index in [-0.39, 0.29) is 49.9 Å². The number of carboxylic acid groups (broad SMARTS) is 1. The molecule has 3 heterocycles. The maximum absolute atomic E-state index is 14.4. The topological polar surface area (TPSA) is 203 Å². The number of pyridine rings is 1. The second kappa shape index (κ2) is 14.6. The molecule has 6 rings (SSSR count). The van der Waals surface area contributed by atoms with Crippen molar-refractivity contribution < 1.29 is 51.3 Å². The van der Waals surface area contributed by atoms with Gasteiger partial charge >= 0.3 is 6.09 Å². The summed E-state index contributed by atoms with van der Waals surface area (Å²) in [6.07, 6.45) is 3.36. The van der Waals surface area contributed by atoms with E-state index in [1.54, 1.807) is 37.3 Å². The molecular formula is C36H46FN5O10S. The second-order valence-electron chi connectivity index (χ2n) is 14.8. The molecule has 2 aliphatic carbocycles. The number of carbonyl (C=O) groups excluding carboxylic acids is 3. The Morgan fingerprint density at radius 3 is 2.55 bits per heavy atom. The van der Waals surface area contributed by atoms with E-state index >= 15 is 0 Å². The summed E-state index contributed by atoms with van der Waals surface area (Å²) in [5.41, 5.74) is -1.68. The standard InChI is InChI=1S/C36H46FN5O10S/c1-20-7-5-6-8-23-17-36(23,33(45)41-53(48,49)35(19-37)11-12-35)40-30(43)27-16-25(18-42(27)32(44)29(21(2)13-20)39-34(46)47)52-31-26-10-9-24(50-3)14-22(26)15-28(38-31)51-4/h6,8-10,14-15,20-21,23,25,27,29,39H,5,7,11-13,16-19H2,1-4H3,(H,40,43)(H,41,45)(H,46,47)/t20-,21-,23-,25-,27+,29+,36-/m1/s1. The number of hydrogen-bond donors (Lipinski definition) is 4. The molecule has 15 nitrogen and oxygen atoms in total. The number of allylic oxidation sites excluding steroid dienone is 1. The van der Waals surface area contributed by atoms with Crippen LogP contribution in [0.2, 0.25) is 0 Å². The molecule has 0 unspecified atom stereocenters. The minimum absolute atomic E-state index is 0.0693. The monoisotopic (exact) mass is 759 g/mol. The Balaban J connectivity index is 1.35. The lowest BCUT2D eigenvalue weighted by atomic mass is 9.88. The van der Waals surface area contributed by atoms with E-state index in [0.717, 1.165) is 0 Å². The first-order valence-electron chi connectivity index (χ1n) is 17.8. The van der Waals surface area contributed by atoms with Crippen molar-refractivity contribution >= 4 is 44.6 Å². The van der Waals surface area contributed by atoms with Crippen molar-refractivity contribution in [3.63, 3.8) is 0 Å². The molecular weight excluding hydrogens is 713 g/mol. The van der Waals surface area contributed by atoms with Crippen molar-refractivity contribution in [1.29, 1.82) is 0 Å². The number of rotatable bonds is 9. The van der Waals surface area contributed by atoms with E-state index in [1.807, 2.05) is 17.7 Å². The van der Waals surface area contributed by atoms with Crippen LogP contribution in [0.4, 0.5) is 9.18 Å². The number of aromatic nitrogens is 1. The highest BCUT2D eigenvalue weighted by molar-refractivity contribution is 7.91. The van der Waals surface area contributed by atoms with Crippen LogP contribution in [0.5, 0.6) is 17.5 Å². The van der Waals surface area contributed by atoms with E-state index in [4.69, 9.17) is 14.2 Å². The lowest BCUT2D eigenvalue weighted by Gasteiger charge is -2.32. The summed E-state index contributed by atoms with van der Waals surface area (Å²) in [6, 6.07) is 4.51. The maximum atomic E-state index is 14.4. The zero-order chi connectivity index (χ0) is 38.3. The number of sulfonamides is 1. The number of nitrogens with zero attached hydrogens (tertiary/aromatic N) is 2. The highest BCUT2D eigenvalue weighted by Gasteiger charge is 2.64. The maximum Gasteiger partial charge on any atom is 0.405 e. The summed E-state index contributed by atoms with van der Waals surface area (Å²) >= 11 is 0. The number of ether oxygens (including phenoxy) is 3. The Morgan fingerprint density at radius 2 is 1.89 bits per heavy atom. The molecule has 1 saturated heterocycles. The SMILES string of the molecule is COc1ccc2c(O[C@@H]3C[C@H]4C(=O)N[C@]5(C(=O)NS(=O)(=O)C6(CF)CC6)C[C@H]5C=CCC[C@@H](C)C[C@@H](C)[C@H](NC(=O)O)C(=O)N4C3)nc(OC)cc2c1. The molecule has 4 amide bonds. The molecule has 0 bridgehead atoms. The fourth-order valence-electron chi connectivity index (χ4n) is 7.54. The van der Waals surface area contributed by atoms with Gasteiger partial charge in [0.25, 0.3) is 5.91 Å². The first-order valence-corrected chi connectivity index (χ1v) is 19.2. The Hall–Kier alpha value is -4.67. The van der Waals surface area contributed by atoms with Crippen molar-refractivity contribution in [3.05, 3.63) is 36.4 Å². The van der Waals surface area contributed by atoms with E-state index in [2.05, 4.69) is 15.6 Å². The number of halogens is 1. The first kappa shape index (κ1) is 38.1. The fraction of sp³-hybridized carbons (Fsp3) is 0.583. The van der Waals surface area contributed by atoms with Gasteiger partial charge in [0.05, 0.1) is 20.8 Å². The third-order valence-corrected chi connectivity index (χ3v) is 13.1. The number of methoxy groups -OCH3 is 2. The van der Waals surface area contributed by atoms with Crippen LogP contribution in [0.1, 0.15) is 58.8 Å². The Kier molecular flexibility index (Phi) is 10.5. The van der Waals surface area contributed by atoms with Gasteiger partial charge in [-0.25, -0.2) is 17.6 Å². The van der Waals surface area contributed by atoms with Crippen LogP contribution in [0.3, 0.4) is 0 Å². The molecule has 1 aromatic heterocycles. The quantitative estimate of drug-likeness (QED) is 0.274. The van der Waals surface area contributed by atoms with Crippen LogP contribution in [-0.4, -0.2) is 103 Å². The van der Waals surface area contributed by atoms with Gasteiger partial charge in [-0.15, -0.1) is 0 Å². The number of benzene rings is 1. The van der Waals surface area contributed by atoms with Gasteiger partial charge < -0.3 is 34.9 Å². The largest absolute Gasteiger partial charge is 0.497 e. The van der Waals surface area contributed by atoms with Gasteiger partial charge in [0.2, 0.25) is 33.6 Å². The normalized spacial score (nSPS) is 29.8. The first-order chi connectivity index (χ1) is 25.2. The molecule has 0 spiro atoms. The molecule has 288 valence electrons. The molecule has 2 aromatic rings. The zero-order valence-corrected chi connectivity index (χ0v) is 30.9. The molecule has 2 aliphatic heterocycles. The number of fused-ring (bicyclic) bond motifs is 3. The van der Waals surface area contributed by atoms with E-state index in [9.17, 15) is 37.1 Å². The summed E-state index contributed by atoms with van der Waals surface area (Å²) in [5.74, 6) is -2.33. The predicted molar refractivity (Wildman–Crippen MR) is 190 cm³/mol. The average Bonchev–Trinajstić information content (AvgIpc) is 4.02. The number of hydrogen-bond acceptors (Lipinski definition) is 10. The number of carbonyl (C=O) groups is 4. The number of nitrogens with one attached hydrogen (secondary N) is 3. The zero-order valence-electron chi connectivity index (χ0n) is 30.1. The van der Waals surface area contributed by atoms with Gasteiger partial charge in [0.15, 0.2) is 0 Å². The van der Waals surface area contributed by atoms with Crippen molar-refractivity contribution in [2.75, 3.05) is 27.4 Å². The third-order valence-electron chi connectivity index (χ3n) is 11.0. The molecule has 53 heavy (non-hydrogen) atoms. The van der Waals surface area contributed by atoms with Crippen molar-refractivity contribution in [1.82, 2.24) is 25.2 Å². The van der Waals surface area contributed by atoms with Gasteiger partial charge in [-0.05, 0) is 73.9 Å². The molecule has 1 aromatic carbocycles. The van der Waals surface area contributed by atoms with Gasteiger partial charge in [-0.3, -0.25) is 19.1 Å². The molecule has 3 fully saturated rings. The Bertz CT molecular complexity index is 1920. The van der Waals surface area contributed by atoms with Gasteiger partial charge in [0, 0.05) is 23.8 Å². The molecule has 17 heteroatoms. The van der Waals surface area contributed by atoms with Crippen LogP contribution in [0.25, 0.3) is 10.8 Å². The van der Waals surface area contributed by atoms with E-state index in [1.165, 1.54) is 19.1 Å². The summed E-state index contributed by atoms with van der Waals surface area (Å²) < 4.78 is 57.5. The Morgan fingerprint density at radius 1 is 1.13 bits per heavy atom. The van der Waals surface area contributed by atoms with E-state index < -0.39 is 80.8 Å². The van der Waals surface area contributed by atoms with Crippen LogP contribution < -0.4 is 29.6 Å². The molecule has 4 aliphatic rings. The number of alkyl halides is 1. The van der Waals surface area contributed by atoms with Crippen LogP contribution >= 0.6 is 0 Å². The highest BCUT2D eigenvalue weighted by Crippen LogP contribution is 2.48. The van der Waals surface area contributed by atoms with Crippen molar-refractivity contribution in [2.45, 2.75) is 87.3 Å². The lowest BCUT2D eigenvalue weighted by molar-refractivity contribution is -0.142. The third kappa shape index (κ3) is 7.57. The van der Waals surface area contributed by atoms with Gasteiger partial charge in [0.1, 0.15) is 40.9 Å². The van der Waals surface area contributed by atoms with Gasteiger partial charge in [-0.1, -0.05) is 26.0 Å². The summed E-state index contributed by atoms with van der Waals surface area (Å²) in [4.78, 5) is 60.3. The second-order valence-corrected chi connectivity index (χ2v) is 16.9. The smallest absolute Gasteiger partial charge is 0.405 e. The van der Waals surface area contributed by atoms with Crippen molar-refractivity contribution in [3.8, 4) is 17.5 Å². The van der Waals surface area contributed by atoms with Gasteiger partial charge in [-0.2, -0.15) is 4.98 Å². The lowest BCUT2D eigenvalue weighted by Crippen LogP contribution is -2.59. The number of amides is 4. The Labute approximate surface area is 307 Å². The highest BCUT2D eigenvalue weighted by atomic mass is 32.2. The molecule has 2 saturated carbocycles. The van der Waals surface area contributed by atoms with E-state index in [0.29, 0.717) is 35.8 Å². The predicted octanol–water partition coefficient (Wildman–Crippen LogP) is 3.07. The summed E-state index contributed by atoms with van der Waals surface area (Å²) in [5, 5.41) is 16.2. The minimum atomic E-state index is -4.40. The molecule has 0 radical (unpaired) electrons. The molecule has 4 N–H and O–H groups in total. The van der Waals surface area contributed by atoms with Crippen LogP contribution in [0.15, 0.2) is 36.4 Å². The fourth-order valence-corrected chi connectivity index (χ4v) is 8.97. The summed E-state index contributed by atoms with van der Waals surface area (Å²) in [7, 11) is -1.41. The summed E-state index contributed by atoms with van der Waals surface area (Å²) in [6.45, 7) is 2.49. The van der Waals surface area contributed by atoms with Crippen LogP contribution in [-0.2, 0) is 24.4 Å². The van der Waals surface area contributed by atoms with Crippen LogP contribution in [0, 0.1) is 17.8 Å². The average molecular weight is 760 g/mol. The molecule has 7 atom stereocenters. The van der Waals surface area contributed by atoms with Crippen molar-refractivity contribution in [2.24, 2.45) is 17.8 Å². The minimum Gasteiger partial charge on any atom is -0.497 e.